The van der Waals surface area contributed by atoms with Crippen LogP contribution >= 0.6 is 0 Å². The van der Waals surface area contributed by atoms with Gasteiger partial charge in [-0.05, 0) is 50.8 Å². The standard InChI is InChI=1S/C24H28N6O3/c1-16-12-22(28-24(26-16)29-11-9-25-14-29)30-10-3-4-19(30)6-8-23(31)27-17(2)18-5-7-20-21(13-18)33-15-32-20/h5,7,9,11-14,17,19H,3-4,6,8,10,15H2,1-2H3,(H,27,31). The molecule has 172 valence electrons. The Bertz CT molecular complexity index is 1130. The molecule has 0 aliphatic carbocycles. The van der Waals surface area contributed by atoms with E-state index in [1.807, 2.05) is 48.9 Å². The van der Waals surface area contributed by atoms with Crippen molar-refractivity contribution in [1.29, 1.82) is 0 Å². The summed E-state index contributed by atoms with van der Waals surface area (Å²) in [4.78, 5) is 28.4. The molecule has 1 amide bonds. The predicted molar refractivity (Wildman–Crippen MR) is 123 cm³/mol. The van der Waals surface area contributed by atoms with Gasteiger partial charge in [-0.25, -0.2) is 9.97 Å². The Labute approximate surface area is 192 Å². The molecule has 2 unspecified atom stereocenters. The maximum absolute atomic E-state index is 12.7. The van der Waals surface area contributed by atoms with E-state index >= 15 is 0 Å². The van der Waals surface area contributed by atoms with Crippen molar-refractivity contribution in [3.8, 4) is 17.4 Å². The second-order valence-corrected chi connectivity index (χ2v) is 8.57. The highest BCUT2D eigenvalue weighted by Gasteiger charge is 2.27. The molecular formula is C24H28N6O3. The molecule has 1 fully saturated rings. The number of fused-ring (bicyclic) bond motifs is 1. The topological polar surface area (TPSA) is 94.4 Å². The number of anilines is 1. The zero-order chi connectivity index (χ0) is 22.8. The molecule has 0 bridgehead atoms. The molecule has 1 saturated heterocycles. The fourth-order valence-electron chi connectivity index (χ4n) is 4.49. The lowest BCUT2D eigenvalue weighted by atomic mass is 10.1. The molecule has 0 radical (unpaired) electrons. The van der Waals surface area contributed by atoms with Gasteiger partial charge >= 0.3 is 0 Å². The minimum Gasteiger partial charge on any atom is -0.454 e. The lowest BCUT2D eigenvalue weighted by Crippen LogP contribution is -2.33. The van der Waals surface area contributed by atoms with E-state index < -0.39 is 0 Å². The number of carbonyl (C=O) groups is 1. The highest BCUT2D eigenvalue weighted by Crippen LogP contribution is 2.34. The van der Waals surface area contributed by atoms with E-state index in [1.165, 1.54) is 0 Å². The predicted octanol–water partition coefficient (Wildman–Crippen LogP) is 3.33. The minimum absolute atomic E-state index is 0.0463. The number of aromatic nitrogens is 4. The first-order valence-corrected chi connectivity index (χ1v) is 11.4. The SMILES string of the molecule is Cc1cc(N2CCCC2CCC(=O)NC(C)c2ccc3c(c2)OCO3)nc(-n2ccnc2)n1. The van der Waals surface area contributed by atoms with Gasteiger partial charge in [-0.1, -0.05) is 6.07 Å². The molecule has 2 atom stereocenters. The molecule has 0 saturated carbocycles. The third-order valence-electron chi connectivity index (χ3n) is 6.21. The van der Waals surface area contributed by atoms with Crippen LogP contribution in [0.25, 0.3) is 5.95 Å². The van der Waals surface area contributed by atoms with Crippen molar-refractivity contribution in [3.63, 3.8) is 0 Å². The van der Waals surface area contributed by atoms with E-state index in [-0.39, 0.29) is 24.8 Å². The molecule has 5 rings (SSSR count). The van der Waals surface area contributed by atoms with Gasteiger partial charge in [0.1, 0.15) is 12.1 Å². The summed E-state index contributed by atoms with van der Waals surface area (Å²) in [6.45, 7) is 5.13. The summed E-state index contributed by atoms with van der Waals surface area (Å²) in [5.74, 6) is 3.04. The first-order chi connectivity index (χ1) is 16.1. The van der Waals surface area contributed by atoms with Gasteiger partial charge < -0.3 is 19.7 Å². The monoisotopic (exact) mass is 448 g/mol. The van der Waals surface area contributed by atoms with Crippen molar-refractivity contribution in [2.24, 2.45) is 0 Å². The van der Waals surface area contributed by atoms with Gasteiger partial charge in [0, 0.05) is 43.2 Å². The molecule has 0 spiro atoms. The number of amides is 1. The summed E-state index contributed by atoms with van der Waals surface area (Å²) < 4.78 is 12.6. The van der Waals surface area contributed by atoms with Gasteiger partial charge in [0.2, 0.25) is 18.6 Å². The molecule has 1 N–H and O–H groups in total. The normalized spacial score (nSPS) is 17.9. The number of benzene rings is 1. The fourth-order valence-corrected chi connectivity index (χ4v) is 4.49. The molecule has 33 heavy (non-hydrogen) atoms. The summed E-state index contributed by atoms with van der Waals surface area (Å²) in [6, 6.07) is 7.97. The van der Waals surface area contributed by atoms with Crippen LogP contribution in [0.5, 0.6) is 11.5 Å². The fraction of sp³-hybridized carbons (Fsp3) is 0.417. The van der Waals surface area contributed by atoms with Crippen LogP contribution in [0.15, 0.2) is 43.0 Å². The Kier molecular flexibility index (Phi) is 5.85. The Morgan fingerprint density at radius 3 is 2.97 bits per heavy atom. The molecule has 1 aromatic carbocycles. The zero-order valence-electron chi connectivity index (χ0n) is 18.9. The lowest BCUT2D eigenvalue weighted by Gasteiger charge is -2.26. The minimum atomic E-state index is -0.103. The van der Waals surface area contributed by atoms with Gasteiger partial charge in [0.15, 0.2) is 11.5 Å². The zero-order valence-corrected chi connectivity index (χ0v) is 18.9. The molecule has 2 aromatic heterocycles. The van der Waals surface area contributed by atoms with Crippen LogP contribution in [0.3, 0.4) is 0 Å². The van der Waals surface area contributed by atoms with Crippen molar-refractivity contribution in [3.05, 3.63) is 54.2 Å². The molecule has 2 aliphatic rings. The van der Waals surface area contributed by atoms with E-state index in [2.05, 4.69) is 20.2 Å². The lowest BCUT2D eigenvalue weighted by molar-refractivity contribution is -0.121. The van der Waals surface area contributed by atoms with Crippen LogP contribution in [-0.2, 0) is 4.79 Å². The largest absolute Gasteiger partial charge is 0.454 e. The number of hydrogen-bond acceptors (Lipinski definition) is 7. The number of nitrogens with one attached hydrogen (secondary N) is 1. The summed E-state index contributed by atoms with van der Waals surface area (Å²) in [5, 5.41) is 3.11. The van der Waals surface area contributed by atoms with E-state index in [1.54, 1.807) is 12.5 Å². The van der Waals surface area contributed by atoms with Crippen molar-refractivity contribution in [1.82, 2.24) is 24.8 Å². The van der Waals surface area contributed by atoms with Crippen molar-refractivity contribution in [2.75, 3.05) is 18.2 Å². The summed E-state index contributed by atoms with van der Waals surface area (Å²) >= 11 is 0. The molecule has 2 aliphatic heterocycles. The first-order valence-electron chi connectivity index (χ1n) is 11.4. The molecular weight excluding hydrogens is 420 g/mol. The smallest absolute Gasteiger partial charge is 0.237 e. The third kappa shape index (κ3) is 4.62. The van der Waals surface area contributed by atoms with E-state index in [0.29, 0.717) is 12.4 Å². The molecule has 9 nitrogen and oxygen atoms in total. The van der Waals surface area contributed by atoms with Crippen molar-refractivity contribution in [2.45, 2.75) is 51.6 Å². The number of nitrogens with zero attached hydrogens (tertiary/aromatic N) is 5. The highest BCUT2D eigenvalue weighted by molar-refractivity contribution is 5.76. The van der Waals surface area contributed by atoms with Crippen LogP contribution in [0.4, 0.5) is 5.82 Å². The Morgan fingerprint density at radius 1 is 1.24 bits per heavy atom. The molecule has 9 heteroatoms. The number of rotatable bonds is 7. The molecule has 3 aromatic rings. The van der Waals surface area contributed by atoms with Gasteiger partial charge in [-0.3, -0.25) is 9.36 Å². The second-order valence-electron chi connectivity index (χ2n) is 8.57. The number of carbonyl (C=O) groups excluding carboxylic acids is 1. The van der Waals surface area contributed by atoms with Crippen molar-refractivity contribution >= 4 is 11.7 Å². The summed E-state index contributed by atoms with van der Waals surface area (Å²) in [5.41, 5.74) is 1.91. The van der Waals surface area contributed by atoms with Gasteiger partial charge in [0.25, 0.3) is 0 Å². The maximum Gasteiger partial charge on any atom is 0.237 e. The summed E-state index contributed by atoms with van der Waals surface area (Å²) in [7, 11) is 0. The quantitative estimate of drug-likeness (QED) is 0.592. The Hall–Kier alpha value is -3.62. The third-order valence-corrected chi connectivity index (χ3v) is 6.21. The highest BCUT2D eigenvalue weighted by atomic mass is 16.7. The van der Waals surface area contributed by atoms with Gasteiger partial charge in [-0.2, -0.15) is 4.98 Å². The second kappa shape index (κ2) is 9.09. The van der Waals surface area contributed by atoms with E-state index in [4.69, 9.17) is 14.5 Å². The number of aryl methyl sites for hydroxylation is 1. The average molecular weight is 449 g/mol. The number of imidazole rings is 1. The number of hydrogen-bond donors (Lipinski definition) is 1. The number of ether oxygens (including phenoxy) is 2. The average Bonchev–Trinajstić information content (AvgIpc) is 3.58. The first kappa shape index (κ1) is 21.2. The van der Waals surface area contributed by atoms with E-state index in [9.17, 15) is 4.79 Å². The van der Waals surface area contributed by atoms with Crippen LogP contribution in [-0.4, -0.2) is 44.8 Å². The molecule has 4 heterocycles. The van der Waals surface area contributed by atoms with Crippen molar-refractivity contribution < 1.29 is 14.3 Å². The van der Waals surface area contributed by atoms with Crippen LogP contribution < -0.4 is 19.7 Å². The van der Waals surface area contributed by atoms with Gasteiger partial charge in [0.05, 0.1) is 6.04 Å². The maximum atomic E-state index is 12.7. The van der Waals surface area contributed by atoms with Gasteiger partial charge in [-0.15, -0.1) is 0 Å². The van der Waals surface area contributed by atoms with E-state index in [0.717, 1.165) is 54.4 Å². The van der Waals surface area contributed by atoms with Crippen LogP contribution in [0.2, 0.25) is 0 Å². The Balaban J connectivity index is 1.20. The van der Waals surface area contributed by atoms with Crippen LogP contribution in [0, 0.1) is 6.92 Å². The summed E-state index contributed by atoms with van der Waals surface area (Å²) in [6.07, 6.45) is 8.64. The van der Waals surface area contributed by atoms with Crippen LogP contribution in [0.1, 0.15) is 49.9 Å². The Morgan fingerprint density at radius 2 is 2.12 bits per heavy atom.